The Labute approximate surface area is 138 Å². The molecule has 120 valence electrons. The highest BCUT2D eigenvalue weighted by molar-refractivity contribution is 9.10. The molecule has 0 fully saturated rings. The number of sulfonamides is 1. The molecule has 1 aromatic heterocycles. The maximum atomic E-state index is 12.6. The minimum atomic E-state index is -3.57. The van der Waals surface area contributed by atoms with Crippen molar-refractivity contribution in [2.24, 2.45) is 0 Å². The third-order valence-electron chi connectivity index (χ3n) is 3.34. The summed E-state index contributed by atoms with van der Waals surface area (Å²) in [7, 11) is -0.471. The fourth-order valence-electron chi connectivity index (χ4n) is 2.04. The molecule has 0 N–H and O–H groups in total. The van der Waals surface area contributed by atoms with Crippen molar-refractivity contribution in [1.82, 2.24) is 14.1 Å². The van der Waals surface area contributed by atoms with E-state index in [0.717, 1.165) is 10.2 Å². The molecule has 0 saturated heterocycles. The van der Waals surface area contributed by atoms with Crippen LogP contribution in [0, 0.1) is 0 Å². The molecule has 0 amide bonds. The van der Waals surface area contributed by atoms with Crippen LogP contribution in [-0.2, 0) is 23.1 Å². The van der Waals surface area contributed by atoms with Gasteiger partial charge in [0.05, 0.1) is 34.9 Å². The van der Waals surface area contributed by atoms with E-state index in [1.54, 1.807) is 37.2 Å². The van der Waals surface area contributed by atoms with Gasteiger partial charge in [0, 0.05) is 13.6 Å². The first kappa shape index (κ1) is 17.0. The van der Waals surface area contributed by atoms with Crippen molar-refractivity contribution in [2.45, 2.75) is 24.9 Å². The third-order valence-corrected chi connectivity index (χ3v) is 5.82. The van der Waals surface area contributed by atoms with Crippen LogP contribution < -0.4 is 4.74 Å². The van der Waals surface area contributed by atoms with Gasteiger partial charge in [0.25, 0.3) is 0 Å². The summed E-state index contributed by atoms with van der Waals surface area (Å²) in [5.41, 5.74) is 0.821. The smallest absolute Gasteiger partial charge is 0.243 e. The van der Waals surface area contributed by atoms with E-state index in [4.69, 9.17) is 4.74 Å². The van der Waals surface area contributed by atoms with Gasteiger partial charge >= 0.3 is 0 Å². The van der Waals surface area contributed by atoms with Crippen LogP contribution in [0.2, 0.25) is 0 Å². The first-order valence-corrected chi connectivity index (χ1v) is 8.94. The number of aryl methyl sites for hydroxylation is 1. The number of ether oxygens (including phenoxy) is 1. The van der Waals surface area contributed by atoms with E-state index in [1.807, 2.05) is 6.92 Å². The fourth-order valence-corrected chi connectivity index (χ4v) is 3.59. The summed E-state index contributed by atoms with van der Waals surface area (Å²) in [5, 5.41) is 4.20. The molecular formula is C14H18BrN3O3S. The molecule has 0 spiro atoms. The van der Waals surface area contributed by atoms with Crippen molar-refractivity contribution >= 4 is 26.0 Å². The summed E-state index contributed by atoms with van der Waals surface area (Å²) in [6.07, 6.45) is 1.67. The van der Waals surface area contributed by atoms with Crippen molar-refractivity contribution < 1.29 is 13.2 Å². The zero-order valence-electron chi connectivity index (χ0n) is 12.7. The van der Waals surface area contributed by atoms with Crippen LogP contribution in [0.4, 0.5) is 0 Å². The van der Waals surface area contributed by atoms with E-state index in [-0.39, 0.29) is 11.4 Å². The molecule has 0 aliphatic carbocycles. The number of nitrogens with zero attached hydrogens (tertiary/aromatic N) is 3. The molecule has 2 aromatic rings. The number of hydrogen-bond acceptors (Lipinski definition) is 4. The quantitative estimate of drug-likeness (QED) is 0.763. The van der Waals surface area contributed by atoms with Crippen LogP contribution in [0.1, 0.15) is 12.6 Å². The van der Waals surface area contributed by atoms with Crippen molar-refractivity contribution in [3.63, 3.8) is 0 Å². The number of halogens is 1. The van der Waals surface area contributed by atoms with Crippen molar-refractivity contribution in [1.29, 1.82) is 0 Å². The van der Waals surface area contributed by atoms with Crippen LogP contribution in [0.3, 0.4) is 0 Å². The van der Waals surface area contributed by atoms with Crippen molar-refractivity contribution in [2.75, 3.05) is 14.2 Å². The summed E-state index contributed by atoms with van der Waals surface area (Å²) >= 11 is 3.41. The highest BCUT2D eigenvalue weighted by Crippen LogP contribution is 2.23. The highest BCUT2D eigenvalue weighted by Gasteiger charge is 2.23. The molecule has 1 heterocycles. The summed E-state index contributed by atoms with van der Waals surface area (Å²) < 4.78 is 34.1. The summed E-state index contributed by atoms with van der Waals surface area (Å²) in [6, 6.07) is 6.34. The van der Waals surface area contributed by atoms with Gasteiger partial charge in [-0.1, -0.05) is 0 Å². The van der Waals surface area contributed by atoms with Crippen LogP contribution in [-0.4, -0.2) is 36.7 Å². The Bertz CT molecular complexity index is 741. The Hall–Kier alpha value is -1.38. The maximum Gasteiger partial charge on any atom is 0.243 e. The highest BCUT2D eigenvalue weighted by atomic mass is 79.9. The van der Waals surface area contributed by atoms with E-state index in [0.29, 0.717) is 12.3 Å². The third kappa shape index (κ3) is 3.34. The molecule has 0 unspecified atom stereocenters. The Kier molecular flexibility index (Phi) is 5.25. The Morgan fingerprint density at radius 3 is 2.50 bits per heavy atom. The van der Waals surface area contributed by atoms with Gasteiger partial charge in [-0.3, -0.25) is 4.68 Å². The van der Waals surface area contributed by atoms with Gasteiger partial charge in [-0.05, 0) is 47.1 Å². The van der Waals surface area contributed by atoms with Gasteiger partial charge in [-0.2, -0.15) is 9.40 Å². The number of hydrogen-bond donors (Lipinski definition) is 0. The minimum Gasteiger partial charge on any atom is -0.497 e. The Morgan fingerprint density at radius 1 is 1.32 bits per heavy atom. The molecule has 0 radical (unpaired) electrons. The molecular weight excluding hydrogens is 370 g/mol. The summed E-state index contributed by atoms with van der Waals surface area (Å²) in [5.74, 6) is 0.619. The van der Waals surface area contributed by atoms with Gasteiger partial charge in [-0.25, -0.2) is 8.42 Å². The molecule has 0 bridgehead atoms. The van der Waals surface area contributed by atoms with E-state index in [1.165, 1.54) is 16.4 Å². The zero-order valence-corrected chi connectivity index (χ0v) is 15.1. The van der Waals surface area contributed by atoms with Crippen LogP contribution in [0.15, 0.2) is 39.8 Å². The van der Waals surface area contributed by atoms with E-state index >= 15 is 0 Å². The maximum absolute atomic E-state index is 12.6. The number of benzene rings is 1. The summed E-state index contributed by atoms with van der Waals surface area (Å²) in [4.78, 5) is 0.231. The predicted molar refractivity (Wildman–Crippen MR) is 87.2 cm³/mol. The normalized spacial score (nSPS) is 11.9. The van der Waals surface area contributed by atoms with Crippen molar-refractivity contribution in [3.8, 4) is 5.75 Å². The molecule has 0 aliphatic heterocycles. The van der Waals surface area contributed by atoms with Gasteiger partial charge in [0.1, 0.15) is 5.75 Å². The average molecular weight is 388 g/mol. The lowest BCUT2D eigenvalue weighted by Crippen LogP contribution is -2.27. The standard InChI is InChI=1S/C14H18BrN3O3S/c1-4-18-14(13(15)9-16-18)10-17(2)22(19,20)12-7-5-11(21-3)6-8-12/h5-9H,4,10H2,1-3H3. The Morgan fingerprint density at radius 2 is 1.95 bits per heavy atom. The fraction of sp³-hybridized carbons (Fsp3) is 0.357. The van der Waals surface area contributed by atoms with Crippen LogP contribution in [0.25, 0.3) is 0 Å². The second-order valence-corrected chi connectivity index (χ2v) is 7.59. The lowest BCUT2D eigenvalue weighted by Gasteiger charge is -2.18. The molecule has 0 saturated carbocycles. The predicted octanol–water partition coefficient (Wildman–Crippen LogP) is 2.49. The molecule has 22 heavy (non-hydrogen) atoms. The lowest BCUT2D eigenvalue weighted by atomic mass is 10.3. The topological polar surface area (TPSA) is 64.4 Å². The minimum absolute atomic E-state index is 0.231. The molecule has 1 aromatic carbocycles. The number of methoxy groups -OCH3 is 1. The molecule has 8 heteroatoms. The van der Waals surface area contributed by atoms with Gasteiger partial charge in [0.15, 0.2) is 0 Å². The van der Waals surface area contributed by atoms with E-state index in [9.17, 15) is 8.42 Å². The molecule has 6 nitrogen and oxygen atoms in total. The van der Waals surface area contributed by atoms with Gasteiger partial charge in [0.2, 0.25) is 10.0 Å². The molecule has 0 aliphatic rings. The first-order valence-electron chi connectivity index (χ1n) is 6.70. The SMILES string of the molecule is CCn1ncc(Br)c1CN(C)S(=O)(=O)c1ccc(OC)cc1. The summed E-state index contributed by atoms with van der Waals surface area (Å²) in [6.45, 7) is 2.88. The first-order chi connectivity index (χ1) is 10.4. The second-order valence-electron chi connectivity index (χ2n) is 4.69. The van der Waals surface area contributed by atoms with Gasteiger partial charge < -0.3 is 4.74 Å². The molecule has 2 rings (SSSR count). The number of aromatic nitrogens is 2. The van der Waals surface area contributed by atoms with E-state index in [2.05, 4.69) is 21.0 Å². The zero-order chi connectivity index (χ0) is 16.3. The monoisotopic (exact) mass is 387 g/mol. The largest absolute Gasteiger partial charge is 0.497 e. The van der Waals surface area contributed by atoms with Crippen molar-refractivity contribution in [3.05, 3.63) is 40.6 Å². The number of rotatable bonds is 6. The van der Waals surface area contributed by atoms with Crippen LogP contribution in [0.5, 0.6) is 5.75 Å². The van der Waals surface area contributed by atoms with Crippen LogP contribution >= 0.6 is 15.9 Å². The molecule has 0 atom stereocenters. The Balaban J connectivity index is 2.26. The van der Waals surface area contributed by atoms with E-state index < -0.39 is 10.0 Å². The average Bonchev–Trinajstić information content (AvgIpc) is 2.87. The van der Waals surface area contributed by atoms with Gasteiger partial charge in [-0.15, -0.1) is 0 Å². The lowest BCUT2D eigenvalue weighted by molar-refractivity contribution is 0.414. The second kappa shape index (κ2) is 6.80.